The summed E-state index contributed by atoms with van der Waals surface area (Å²) >= 11 is 5.29. The van der Waals surface area contributed by atoms with Gasteiger partial charge < -0.3 is 15.1 Å². The van der Waals surface area contributed by atoms with Crippen molar-refractivity contribution in [3.8, 4) is 0 Å². The van der Waals surface area contributed by atoms with Gasteiger partial charge in [-0.1, -0.05) is 32.9 Å². The Bertz CT molecular complexity index is 948. The Morgan fingerprint density at radius 2 is 1.52 bits per heavy atom. The Labute approximate surface area is 203 Å². The van der Waals surface area contributed by atoms with Crippen molar-refractivity contribution in [1.82, 2.24) is 10.2 Å². The van der Waals surface area contributed by atoms with Gasteiger partial charge in [0.2, 0.25) is 5.91 Å². The molecule has 0 spiro atoms. The standard InChI is InChI=1S/C26H36N4O2S/c1-26(2,3)20-12-10-19(11-13-20)24(32)28-25(33)27-21-14-16-22(17-15-21)30(6)23(31)9-7-8-18-29(4)5/h10-17H,7-9,18H2,1-6H3,(H2,27,28,32,33). The molecule has 2 aromatic carbocycles. The number of hydrogen-bond acceptors (Lipinski definition) is 4. The molecule has 0 saturated carbocycles. The fourth-order valence-corrected chi connectivity index (χ4v) is 3.45. The van der Waals surface area contributed by atoms with Gasteiger partial charge in [-0.2, -0.15) is 0 Å². The number of hydrogen-bond donors (Lipinski definition) is 2. The summed E-state index contributed by atoms with van der Waals surface area (Å²) in [5, 5.41) is 5.95. The van der Waals surface area contributed by atoms with Crippen LogP contribution in [0.5, 0.6) is 0 Å². The maximum atomic E-state index is 12.5. The smallest absolute Gasteiger partial charge is 0.257 e. The SMILES string of the molecule is CN(C)CCCCC(=O)N(C)c1ccc(NC(=S)NC(=O)c2ccc(C(C)(C)C)cc2)cc1. The maximum Gasteiger partial charge on any atom is 0.257 e. The third-order valence-corrected chi connectivity index (χ3v) is 5.58. The normalized spacial score (nSPS) is 11.2. The predicted molar refractivity (Wildman–Crippen MR) is 141 cm³/mol. The lowest BCUT2D eigenvalue weighted by Crippen LogP contribution is -2.34. The van der Waals surface area contributed by atoms with Crippen LogP contribution in [0.4, 0.5) is 11.4 Å². The van der Waals surface area contributed by atoms with Gasteiger partial charge in [0, 0.05) is 30.4 Å². The molecule has 0 unspecified atom stereocenters. The van der Waals surface area contributed by atoms with Crippen LogP contribution in [0, 0.1) is 0 Å². The Balaban J connectivity index is 1.86. The first-order valence-corrected chi connectivity index (χ1v) is 11.6. The summed E-state index contributed by atoms with van der Waals surface area (Å²) in [4.78, 5) is 28.7. The summed E-state index contributed by atoms with van der Waals surface area (Å²) in [5.41, 5.74) is 3.29. The van der Waals surface area contributed by atoms with E-state index in [2.05, 4.69) is 36.3 Å². The van der Waals surface area contributed by atoms with Crippen molar-refractivity contribution >= 4 is 40.5 Å². The zero-order valence-corrected chi connectivity index (χ0v) is 21.4. The van der Waals surface area contributed by atoms with Crippen LogP contribution in [0.25, 0.3) is 0 Å². The molecule has 0 atom stereocenters. The minimum absolute atomic E-state index is 0.0305. The molecule has 0 radical (unpaired) electrons. The number of benzene rings is 2. The highest BCUT2D eigenvalue weighted by Gasteiger charge is 2.15. The molecule has 0 fully saturated rings. The van der Waals surface area contributed by atoms with E-state index >= 15 is 0 Å². The molecule has 0 heterocycles. The topological polar surface area (TPSA) is 64.7 Å². The molecular weight excluding hydrogens is 432 g/mol. The highest BCUT2D eigenvalue weighted by atomic mass is 32.1. The fourth-order valence-electron chi connectivity index (χ4n) is 3.24. The lowest BCUT2D eigenvalue weighted by molar-refractivity contribution is -0.118. The average molecular weight is 469 g/mol. The number of anilines is 2. The highest BCUT2D eigenvalue weighted by molar-refractivity contribution is 7.80. The maximum absolute atomic E-state index is 12.5. The first kappa shape index (κ1) is 26.5. The summed E-state index contributed by atoms with van der Waals surface area (Å²) in [6, 6.07) is 14.9. The van der Waals surface area contributed by atoms with Gasteiger partial charge in [0.1, 0.15) is 0 Å². The van der Waals surface area contributed by atoms with Crippen LogP contribution in [0.1, 0.15) is 56.0 Å². The predicted octanol–water partition coefficient (Wildman–Crippen LogP) is 4.81. The number of unbranched alkanes of at least 4 members (excludes halogenated alkanes) is 1. The van der Waals surface area contributed by atoms with Crippen LogP contribution < -0.4 is 15.5 Å². The molecule has 33 heavy (non-hydrogen) atoms. The third kappa shape index (κ3) is 8.59. The van der Waals surface area contributed by atoms with E-state index in [0.29, 0.717) is 12.0 Å². The van der Waals surface area contributed by atoms with Crippen LogP contribution >= 0.6 is 12.2 Å². The van der Waals surface area contributed by atoms with E-state index in [9.17, 15) is 9.59 Å². The number of nitrogens with one attached hydrogen (secondary N) is 2. The Morgan fingerprint density at radius 1 is 0.909 bits per heavy atom. The van der Waals surface area contributed by atoms with E-state index in [-0.39, 0.29) is 22.3 Å². The molecule has 0 aliphatic heterocycles. The molecule has 0 bridgehead atoms. The van der Waals surface area contributed by atoms with Gasteiger partial charge in [0.15, 0.2) is 5.11 Å². The zero-order chi connectivity index (χ0) is 24.6. The monoisotopic (exact) mass is 468 g/mol. The number of thiocarbonyl (C=S) groups is 1. The first-order chi connectivity index (χ1) is 15.5. The summed E-state index contributed by atoms with van der Waals surface area (Å²) in [5.74, 6) is -0.168. The highest BCUT2D eigenvalue weighted by Crippen LogP contribution is 2.22. The molecule has 0 aromatic heterocycles. The Kier molecular flexibility index (Phi) is 9.56. The molecule has 6 nitrogen and oxygen atoms in total. The summed E-state index contributed by atoms with van der Waals surface area (Å²) < 4.78 is 0. The molecule has 0 aliphatic rings. The van der Waals surface area contributed by atoms with Gasteiger partial charge in [-0.05, 0) is 93.1 Å². The van der Waals surface area contributed by atoms with Gasteiger partial charge in [0.05, 0.1) is 0 Å². The van der Waals surface area contributed by atoms with E-state index < -0.39 is 0 Å². The number of carbonyl (C=O) groups excluding carboxylic acids is 2. The lowest BCUT2D eigenvalue weighted by Gasteiger charge is -2.19. The largest absolute Gasteiger partial charge is 0.332 e. The Morgan fingerprint density at radius 3 is 2.06 bits per heavy atom. The molecule has 7 heteroatoms. The second-order valence-corrected chi connectivity index (χ2v) is 9.90. The molecule has 2 rings (SSSR count). The zero-order valence-electron chi connectivity index (χ0n) is 20.6. The third-order valence-electron chi connectivity index (χ3n) is 5.37. The summed E-state index contributed by atoms with van der Waals surface area (Å²) in [6.07, 6.45) is 2.39. The van der Waals surface area contributed by atoms with Crippen LogP contribution in [0.15, 0.2) is 48.5 Å². The van der Waals surface area contributed by atoms with E-state index in [1.54, 1.807) is 24.1 Å². The van der Waals surface area contributed by atoms with Crippen LogP contribution in [-0.4, -0.2) is 49.5 Å². The first-order valence-electron chi connectivity index (χ1n) is 11.2. The van der Waals surface area contributed by atoms with Crippen molar-refractivity contribution < 1.29 is 9.59 Å². The van der Waals surface area contributed by atoms with E-state index in [1.165, 1.54) is 0 Å². The van der Waals surface area contributed by atoms with Gasteiger partial charge >= 0.3 is 0 Å². The minimum atomic E-state index is -0.260. The molecule has 0 saturated heterocycles. The van der Waals surface area contributed by atoms with Crippen molar-refractivity contribution in [1.29, 1.82) is 0 Å². The summed E-state index contributed by atoms with van der Waals surface area (Å²) in [6.45, 7) is 7.38. The van der Waals surface area contributed by atoms with Gasteiger partial charge in [-0.15, -0.1) is 0 Å². The lowest BCUT2D eigenvalue weighted by atomic mass is 9.87. The van der Waals surface area contributed by atoms with Crippen molar-refractivity contribution in [3.63, 3.8) is 0 Å². The quantitative estimate of drug-likeness (QED) is 0.430. The summed E-state index contributed by atoms with van der Waals surface area (Å²) in [7, 11) is 5.85. The van der Waals surface area contributed by atoms with Crippen molar-refractivity contribution in [2.45, 2.75) is 45.4 Å². The number of rotatable bonds is 8. The minimum Gasteiger partial charge on any atom is -0.332 e. The second kappa shape index (κ2) is 11.9. The second-order valence-electron chi connectivity index (χ2n) is 9.50. The van der Waals surface area contributed by atoms with Gasteiger partial charge in [-0.3, -0.25) is 14.9 Å². The molecule has 2 amide bonds. The molecule has 178 valence electrons. The Hall–Kier alpha value is -2.77. The molecular formula is C26H36N4O2S. The number of nitrogens with zero attached hydrogens (tertiary/aromatic N) is 2. The van der Waals surface area contributed by atoms with Crippen LogP contribution in [-0.2, 0) is 10.2 Å². The van der Waals surface area contributed by atoms with Crippen molar-refractivity contribution in [2.75, 3.05) is 37.9 Å². The van der Waals surface area contributed by atoms with Crippen molar-refractivity contribution in [3.05, 3.63) is 59.7 Å². The average Bonchev–Trinajstić information content (AvgIpc) is 2.75. The van der Waals surface area contributed by atoms with Gasteiger partial charge in [0.25, 0.3) is 5.91 Å². The number of carbonyl (C=O) groups is 2. The van der Waals surface area contributed by atoms with E-state index in [4.69, 9.17) is 12.2 Å². The fraction of sp³-hybridized carbons (Fsp3) is 0.423. The van der Waals surface area contributed by atoms with E-state index in [1.807, 2.05) is 50.5 Å². The van der Waals surface area contributed by atoms with E-state index in [0.717, 1.165) is 36.3 Å². The van der Waals surface area contributed by atoms with Crippen molar-refractivity contribution in [2.24, 2.45) is 0 Å². The molecule has 2 aromatic rings. The molecule has 0 aliphatic carbocycles. The van der Waals surface area contributed by atoms with Crippen LogP contribution in [0.3, 0.4) is 0 Å². The van der Waals surface area contributed by atoms with Crippen LogP contribution in [0.2, 0.25) is 0 Å². The number of amides is 2. The molecule has 2 N–H and O–H groups in total. The van der Waals surface area contributed by atoms with Gasteiger partial charge in [-0.25, -0.2) is 0 Å².